The average Bonchev–Trinajstić information content (AvgIpc) is 3.44. The minimum absolute atomic E-state index is 0.340. The van der Waals surface area contributed by atoms with Gasteiger partial charge in [-0.2, -0.15) is 5.10 Å². The molecule has 0 aliphatic rings. The number of nitrogens with zero attached hydrogens (tertiary/aromatic N) is 3. The van der Waals surface area contributed by atoms with Gasteiger partial charge in [-0.15, -0.1) is 11.3 Å². The Bertz CT molecular complexity index is 1110. The van der Waals surface area contributed by atoms with Gasteiger partial charge < -0.3 is 10.1 Å². The second kappa shape index (κ2) is 8.62. The van der Waals surface area contributed by atoms with E-state index in [4.69, 9.17) is 0 Å². The lowest BCUT2D eigenvalue weighted by Crippen LogP contribution is -2.37. The Labute approximate surface area is 171 Å². The monoisotopic (exact) mass is 402 g/mol. The minimum Gasteiger partial charge on any atom is -0.341 e. The molecule has 144 valence electrons. The Morgan fingerprint density at radius 2 is 1.79 bits per heavy atom. The van der Waals surface area contributed by atoms with Gasteiger partial charge in [0.1, 0.15) is 11.2 Å². The summed E-state index contributed by atoms with van der Waals surface area (Å²) in [6.07, 6.45) is 4.76. The van der Waals surface area contributed by atoms with E-state index in [2.05, 4.69) is 15.4 Å². The lowest BCUT2D eigenvalue weighted by Gasteiger charge is -2.12. The molecule has 1 atom stereocenters. The first-order chi connectivity index (χ1) is 14.2. The topological polar surface area (TPSA) is 76.9 Å². The summed E-state index contributed by atoms with van der Waals surface area (Å²) in [5, 5.41) is 7.14. The van der Waals surface area contributed by atoms with E-state index in [0.717, 1.165) is 23.0 Å². The largest absolute Gasteiger partial charge is 0.341 e. The summed E-state index contributed by atoms with van der Waals surface area (Å²) in [7, 11) is 0. The molecular weight excluding hydrogens is 384 g/mol. The standard InChI is InChI=1S/C22H18N4O2S/c27-14-19(11-16-7-3-1-4-8-16)25-22(28)20-21(23-15-29-20)26-13-18(12-24-26)17-9-5-2-6-10-17/h1-10,12-15,19H,11H2,(H,25,28). The van der Waals surface area contributed by atoms with Crippen LogP contribution in [0.25, 0.3) is 16.9 Å². The van der Waals surface area contributed by atoms with Crippen molar-refractivity contribution in [3.8, 4) is 16.9 Å². The smallest absolute Gasteiger partial charge is 0.265 e. The fraction of sp³-hybridized carbons (Fsp3) is 0.0909. The SMILES string of the molecule is O=CC(Cc1ccccc1)NC(=O)c1scnc1-n1cc(-c2ccccc2)cn1. The van der Waals surface area contributed by atoms with Crippen molar-refractivity contribution in [2.24, 2.45) is 0 Å². The van der Waals surface area contributed by atoms with Crippen LogP contribution in [0.1, 0.15) is 15.2 Å². The van der Waals surface area contributed by atoms with E-state index in [-0.39, 0.29) is 5.91 Å². The van der Waals surface area contributed by atoms with Crippen LogP contribution < -0.4 is 5.32 Å². The first kappa shape index (κ1) is 18.8. The van der Waals surface area contributed by atoms with E-state index in [0.29, 0.717) is 17.1 Å². The molecule has 0 saturated carbocycles. The maximum atomic E-state index is 12.8. The van der Waals surface area contributed by atoms with Crippen LogP contribution in [0, 0.1) is 0 Å². The normalized spacial score (nSPS) is 11.7. The molecule has 29 heavy (non-hydrogen) atoms. The molecule has 2 aromatic heterocycles. The lowest BCUT2D eigenvalue weighted by atomic mass is 10.1. The highest BCUT2D eigenvalue weighted by atomic mass is 32.1. The summed E-state index contributed by atoms with van der Waals surface area (Å²) < 4.78 is 1.58. The van der Waals surface area contributed by atoms with Gasteiger partial charge in [0.2, 0.25) is 0 Å². The molecule has 0 saturated heterocycles. The molecule has 0 aliphatic heterocycles. The van der Waals surface area contributed by atoms with Gasteiger partial charge in [-0.05, 0) is 17.5 Å². The van der Waals surface area contributed by atoms with Crippen LogP contribution in [0.2, 0.25) is 0 Å². The Balaban J connectivity index is 1.52. The summed E-state index contributed by atoms with van der Waals surface area (Å²) in [5.41, 5.74) is 4.54. The molecule has 1 amide bonds. The van der Waals surface area contributed by atoms with Gasteiger partial charge in [-0.3, -0.25) is 4.79 Å². The molecule has 1 N–H and O–H groups in total. The number of amides is 1. The number of nitrogens with one attached hydrogen (secondary N) is 1. The Kier molecular flexibility index (Phi) is 5.58. The molecule has 7 heteroatoms. The quantitative estimate of drug-likeness (QED) is 0.480. The number of carbonyl (C=O) groups is 2. The predicted molar refractivity (Wildman–Crippen MR) is 112 cm³/mol. The molecule has 0 radical (unpaired) electrons. The van der Waals surface area contributed by atoms with Crippen molar-refractivity contribution in [3.05, 3.63) is 89.0 Å². The second-order valence-electron chi connectivity index (χ2n) is 6.45. The molecule has 2 aromatic carbocycles. The molecule has 0 aliphatic carbocycles. The van der Waals surface area contributed by atoms with E-state index in [1.165, 1.54) is 11.3 Å². The van der Waals surface area contributed by atoms with Gasteiger partial charge in [-0.1, -0.05) is 60.7 Å². The van der Waals surface area contributed by atoms with Crippen LogP contribution in [-0.4, -0.2) is 33.0 Å². The average molecular weight is 402 g/mol. The number of carbonyl (C=O) groups excluding carboxylic acids is 2. The zero-order valence-corrected chi connectivity index (χ0v) is 16.3. The Morgan fingerprint density at radius 1 is 1.07 bits per heavy atom. The molecule has 4 aromatic rings. The van der Waals surface area contributed by atoms with Gasteiger partial charge in [0.15, 0.2) is 5.82 Å². The Morgan fingerprint density at radius 3 is 2.52 bits per heavy atom. The van der Waals surface area contributed by atoms with Crippen molar-refractivity contribution in [3.63, 3.8) is 0 Å². The number of thiazole rings is 1. The number of rotatable bonds is 7. The van der Waals surface area contributed by atoms with E-state index in [9.17, 15) is 9.59 Å². The number of aromatic nitrogens is 3. The third-order valence-corrected chi connectivity index (χ3v) is 5.26. The highest BCUT2D eigenvalue weighted by Crippen LogP contribution is 2.22. The maximum Gasteiger partial charge on any atom is 0.265 e. The molecule has 1 unspecified atom stereocenters. The van der Waals surface area contributed by atoms with E-state index in [1.54, 1.807) is 16.4 Å². The summed E-state index contributed by atoms with van der Waals surface area (Å²) >= 11 is 1.22. The second-order valence-corrected chi connectivity index (χ2v) is 7.31. The lowest BCUT2D eigenvalue weighted by molar-refractivity contribution is -0.109. The molecule has 0 fully saturated rings. The van der Waals surface area contributed by atoms with Crippen LogP contribution in [0.5, 0.6) is 0 Å². The van der Waals surface area contributed by atoms with Gasteiger partial charge >= 0.3 is 0 Å². The van der Waals surface area contributed by atoms with Crippen molar-refractivity contribution >= 4 is 23.5 Å². The van der Waals surface area contributed by atoms with Crippen molar-refractivity contribution in [2.45, 2.75) is 12.5 Å². The van der Waals surface area contributed by atoms with Crippen molar-refractivity contribution in [1.29, 1.82) is 0 Å². The van der Waals surface area contributed by atoms with E-state index >= 15 is 0 Å². The van der Waals surface area contributed by atoms with Gasteiger partial charge in [-0.25, -0.2) is 9.67 Å². The molecule has 6 nitrogen and oxygen atoms in total. The van der Waals surface area contributed by atoms with Crippen LogP contribution in [0.15, 0.2) is 78.6 Å². The number of benzene rings is 2. The third kappa shape index (κ3) is 4.30. The zero-order chi connectivity index (χ0) is 20.1. The van der Waals surface area contributed by atoms with Crippen LogP contribution in [-0.2, 0) is 11.2 Å². The Hall–Kier alpha value is -3.58. The molecule has 4 rings (SSSR count). The zero-order valence-electron chi connectivity index (χ0n) is 15.4. The maximum absolute atomic E-state index is 12.8. The number of hydrogen-bond acceptors (Lipinski definition) is 5. The fourth-order valence-electron chi connectivity index (χ4n) is 3.01. The number of aldehydes is 1. The summed E-state index contributed by atoms with van der Waals surface area (Å²) in [6.45, 7) is 0. The summed E-state index contributed by atoms with van der Waals surface area (Å²) in [6, 6.07) is 18.8. The highest BCUT2D eigenvalue weighted by Gasteiger charge is 2.20. The highest BCUT2D eigenvalue weighted by molar-refractivity contribution is 7.12. The van der Waals surface area contributed by atoms with E-state index in [1.807, 2.05) is 66.9 Å². The van der Waals surface area contributed by atoms with Gasteiger partial charge in [0.05, 0.1) is 17.7 Å². The van der Waals surface area contributed by atoms with E-state index < -0.39 is 6.04 Å². The minimum atomic E-state index is -0.614. The van der Waals surface area contributed by atoms with Gasteiger partial charge in [0, 0.05) is 11.8 Å². The first-order valence-corrected chi connectivity index (χ1v) is 9.96. The first-order valence-electron chi connectivity index (χ1n) is 9.08. The molecule has 2 heterocycles. The van der Waals surface area contributed by atoms with Crippen LogP contribution in [0.3, 0.4) is 0 Å². The summed E-state index contributed by atoms with van der Waals surface area (Å²) in [4.78, 5) is 29.0. The summed E-state index contributed by atoms with van der Waals surface area (Å²) in [5.74, 6) is 0.103. The van der Waals surface area contributed by atoms with Gasteiger partial charge in [0.25, 0.3) is 5.91 Å². The fourth-order valence-corrected chi connectivity index (χ4v) is 3.69. The molecular formula is C22H18N4O2S. The molecule has 0 bridgehead atoms. The van der Waals surface area contributed by atoms with Crippen molar-refractivity contribution in [2.75, 3.05) is 0 Å². The molecule has 0 spiro atoms. The number of hydrogen-bond donors (Lipinski definition) is 1. The van der Waals surface area contributed by atoms with Crippen LogP contribution in [0.4, 0.5) is 0 Å². The van der Waals surface area contributed by atoms with Crippen molar-refractivity contribution in [1.82, 2.24) is 20.1 Å². The predicted octanol–water partition coefficient (Wildman–Crippen LogP) is 3.54. The van der Waals surface area contributed by atoms with Crippen LogP contribution >= 0.6 is 11.3 Å². The van der Waals surface area contributed by atoms with Crippen molar-refractivity contribution < 1.29 is 9.59 Å². The third-order valence-electron chi connectivity index (χ3n) is 4.44.